The van der Waals surface area contributed by atoms with Crippen LogP contribution in [0.2, 0.25) is 0 Å². The SMILES string of the molecule is CCOC(=O)c1ccc(NC(=O)C(=O)NC(C)(C)C)cc1. The van der Waals surface area contributed by atoms with E-state index in [1.807, 2.05) is 0 Å². The third-order valence-corrected chi connectivity index (χ3v) is 2.35. The number of carbonyl (C=O) groups is 3. The molecule has 0 atom stereocenters. The molecule has 0 aliphatic heterocycles. The molecule has 2 amide bonds. The molecule has 0 unspecified atom stereocenters. The molecule has 0 spiro atoms. The fraction of sp³-hybridized carbons (Fsp3) is 0.400. The van der Waals surface area contributed by atoms with Crippen LogP contribution in [0.25, 0.3) is 0 Å². The minimum absolute atomic E-state index is 0.296. The molecule has 0 radical (unpaired) electrons. The number of amides is 2. The van der Waals surface area contributed by atoms with Gasteiger partial charge in [-0.2, -0.15) is 0 Å². The highest BCUT2D eigenvalue weighted by molar-refractivity contribution is 6.39. The van der Waals surface area contributed by atoms with Crippen LogP contribution in [0.5, 0.6) is 0 Å². The average Bonchev–Trinajstić information content (AvgIpc) is 2.37. The summed E-state index contributed by atoms with van der Waals surface area (Å²) in [5.41, 5.74) is 0.327. The van der Waals surface area contributed by atoms with Gasteiger partial charge in [-0.3, -0.25) is 9.59 Å². The van der Waals surface area contributed by atoms with E-state index in [2.05, 4.69) is 10.6 Å². The maximum absolute atomic E-state index is 11.7. The molecule has 0 saturated heterocycles. The zero-order valence-electron chi connectivity index (χ0n) is 12.6. The first-order valence-corrected chi connectivity index (χ1v) is 6.63. The number of esters is 1. The lowest BCUT2D eigenvalue weighted by Crippen LogP contribution is -2.46. The Morgan fingerprint density at radius 2 is 1.62 bits per heavy atom. The first-order chi connectivity index (χ1) is 9.73. The summed E-state index contributed by atoms with van der Waals surface area (Å²) in [7, 11) is 0. The molecule has 0 bridgehead atoms. The summed E-state index contributed by atoms with van der Waals surface area (Å²) in [6.07, 6.45) is 0. The fourth-order valence-corrected chi connectivity index (χ4v) is 1.49. The topological polar surface area (TPSA) is 84.5 Å². The maximum atomic E-state index is 11.7. The Bertz CT molecular complexity index is 530. The lowest BCUT2D eigenvalue weighted by Gasteiger charge is -2.19. The normalized spacial score (nSPS) is 10.7. The number of hydrogen-bond donors (Lipinski definition) is 2. The van der Waals surface area contributed by atoms with Gasteiger partial charge in [0.2, 0.25) is 0 Å². The van der Waals surface area contributed by atoms with Crippen LogP contribution in [0.3, 0.4) is 0 Å². The van der Waals surface area contributed by atoms with Gasteiger partial charge in [0.05, 0.1) is 12.2 Å². The van der Waals surface area contributed by atoms with Crippen LogP contribution < -0.4 is 10.6 Å². The van der Waals surface area contributed by atoms with Gasteiger partial charge >= 0.3 is 17.8 Å². The van der Waals surface area contributed by atoms with Gasteiger partial charge in [-0.05, 0) is 52.0 Å². The molecule has 0 aliphatic carbocycles. The van der Waals surface area contributed by atoms with E-state index < -0.39 is 23.3 Å². The summed E-state index contributed by atoms with van der Waals surface area (Å²) < 4.78 is 4.85. The lowest BCUT2D eigenvalue weighted by atomic mass is 10.1. The maximum Gasteiger partial charge on any atom is 0.338 e. The first-order valence-electron chi connectivity index (χ1n) is 6.63. The highest BCUT2D eigenvalue weighted by atomic mass is 16.5. The molecule has 2 N–H and O–H groups in total. The van der Waals surface area contributed by atoms with Crippen LogP contribution in [-0.2, 0) is 14.3 Å². The van der Waals surface area contributed by atoms with E-state index in [1.54, 1.807) is 27.7 Å². The molecule has 114 valence electrons. The van der Waals surface area contributed by atoms with Crippen molar-refractivity contribution < 1.29 is 19.1 Å². The fourth-order valence-electron chi connectivity index (χ4n) is 1.49. The molecular formula is C15H20N2O4. The van der Waals surface area contributed by atoms with Crippen molar-refractivity contribution in [3.05, 3.63) is 29.8 Å². The van der Waals surface area contributed by atoms with Crippen LogP contribution in [0, 0.1) is 0 Å². The highest BCUT2D eigenvalue weighted by Crippen LogP contribution is 2.10. The molecule has 6 heteroatoms. The quantitative estimate of drug-likeness (QED) is 0.656. The molecule has 1 aromatic rings. The lowest BCUT2D eigenvalue weighted by molar-refractivity contribution is -0.137. The molecule has 21 heavy (non-hydrogen) atoms. The molecule has 1 aromatic carbocycles. The minimum Gasteiger partial charge on any atom is -0.462 e. The van der Waals surface area contributed by atoms with Crippen LogP contribution >= 0.6 is 0 Å². The highest BCUT2D eigenvalue weighted by Gasteiger charge is 2.20. The summed E-state index contributed by atoms with van der Waals surface area (Å²) in [6, 6.07) is 6.12. The molecule has 0 aromatic heterocycles. The van der Waals surface area contributed by atoms with Crippen molar-refractivity contribution in [1.29, 1.82) is 0 Å². The van der Waals surface area contributed by atoms with Gasteiger partial charge in [0, 0.05) is 11.2 Å². The number of anilines is 1. The second-order valence-electron chi connectivity index (χ2n) is 5.46. The molecule has 0 fully saturated rings. The number of rotatable bonds is 3. The van der Waals surface area contributed by atoms with Crippen LogP contribution in [-0.4, -0.2) is 29.9 Å². The zero-order valence-corrected chi connectivity index (χ0v) is 12.6. The minimum atomic E-state index is -0.756. The zero-order chi connectivity index (χ0) is 16.0. The average molecular weight is 292 g/mol. The summed E-state index contributed by atoms with van der Waals surface area (Å²) in [5, 5.41) is 5.02. The van der Waals surface area contributed by atoms with Gasteiger partial charge in [0.1, 0.15) is 0 Å². The Labute approximate surface area is 123 Å². The Morgan fingerprint density at radius 3 is 2.10 bits per heavy atom. The smallest absolute Gasteiger partial charge is 0.338 e. The van der Waals surface area contributed by atoms with Crippen molar-refractivity contribution >= 4 is 23.5 Å². The van der Waals surface area contributed by atoms with Crippen molar-refractivity contribution in [2.75, 3.05) is 11.9 Å². The second kappa shape index (κ2) is 6.88. The van der Waals surface area contributed by atoms with Gasteiger partial charge in [-0.25, -0.2) is 4.79 Å². The van der Waals surface area contributed by atoms with Crippen LogP contribution in [0.15, 0.2) is 24.3 Å². The Morgan fingerprint density at radius 1 is 1.05 bits per heavy atom. The van der Waals surface area contributed by atoms with E-state index in [9.17, 15) is 14.4 Å². The van der Waals surface area contributed by atoms with E-state index in [0.717, 1.165) is 0 Å². The third kappa shape index (κ3) is 5.64. The largest absolute Gasteiger partial charge is 0.462 e. The Balaban J connectivity index is 2.65. The summed E-state index contributed by atoms with van der Waals surface area (Å²) in [6.45, 7) is 7.37. The summed E-state index contributed by atoms with van der Waals surface area (Å²) in [5.74, 6) is -1.90. The number of benzene rings is 1. The summed E-state index contributed by atoms with van der Waals surface area (Å²) >= 11 is 0. The van der Waals surface area contributed by atoms with Crippen molar-refractivity contribution in [3.8, 4) is 0 Å². The van der Waals surface area contributed by atoms with Crippen molar-refractivity contribution in [3.63, 3.8) is 0 Å². The Kier molecular flexibility index (Phi) is 5.46. The number of hydrogen-bond acceptors (Lipinski definition) is 4. The van der Waals surface area contributed by atoms with E-state index in [4.69, 9.17) is 4.74 Å². The van der Waals surface area contributed by atoms with Gasteiger partial charge < -0.3 is 15.4 Å². The van der Waals surface area contributed by atoms with E-state index in [-0.39, 0.29) is 0 Å². The first kappa shape index (κ1) is 16.7. The van der Waals surface area contributed by atoms with Gasteiger partial charge in [0.25, 0.3) is 0 Å². The van der Waals surface area contributed by atoms with Gasteiger partial charge in [-0.1, -0.05) is 0 Å². The third-order valence-electron chi connectivity index (χ3n) is 2.35. The predicted molar refractivity (Wildman–Crippen MR) is 78.9 cm³/mol. The molecule has 1 rings (SSSR count). The van der Waals surface area contributed by atoms with Crippen LogP contribution in [0.1, 0.15) is 38.1 Å². The van der Waals surface area contributed by atoms with Gasteiger partial charge in [-0.15, -0.1) is 0 Å². The van der Waals surface area contributed by atoms with Crippen LogP contribution in [0.4, 0.5) is 5.69 Å². The standard InChI is InChI=1S/C15H20N2O4/c1-5-21-14(20)10-6-8-11(9-7-10)16-12(18)13(19)17-15(2,3)4/h6-9H,5H2,1-4H3,(H,16,18)(H,17,19). The van der Waals surface area contributed by atoms with Crippen molar-refractivity contribution in [2.24, 2.45) is 0 Å². The van der Waals surface area contributed by atoms with E-state index in [1.165, 1.54) is 24.3 Å². The number of ether oxygens (including phenoxy) is 1. The van der Waals surface area contributed by atoms with Crippen molar-refractivity contribution in [2.45, 2.75) is 33.2 Å². The monoisotopic (exact) mass is 292 g/mol. The van der Waals surface area contributed by atoms with Crippen molar-refractivity contribution in [1.82, 2.24) is 5.32 Å². The molecule has 0 aliphatic rings. The molecule has 6 nitrogen and oxygen atoms in total. The molecular weight excluding hydrogens is 272 g/mol. The molecule has 0 saturated carbocycles. The second-order valence-corrected chi connectivity index (χ2v) is 5.46. The number of nitrogens with one attached hydrogen (secondary N) is 2. The Hall–Kier alpha value is -2.37. The summed E-state index contributed by atoms with van der Waals surface area (Å²) in [4.78, 5) is 34.8. The van der Waals surface area contributed by atoms with E-state index >= 15 is 0 Å². The van der Waals surface area contributed by atoms with E-state index in [0.29, 0.717) is 17.9 Å². The predicted octanol–water partition coefficient (Wildman–Crippen LogP) is 1.72. The number of carbonyl (C=O) groups excluding carboxylic acids is 3. The molecule has 0 heterocycles. The van der Waals surface area contributed by atoms with Gasteiger partial charge in [0.15, 0.2) is 0 Å².